The number of nitrogens with zero attached hydrogens (tertiary/aromatic N) is 5. The number of halogens is 1. The second-order valence-electron chi connectivity index (χ2n) is 9.56. The lowest BCUT2D eigenvalue weighted by Gasteiger charge is -2.39. The van der Waals surface area contributed by atoms with Gasteiger partial charge >= 0.3 is 0 Å². The van der Waals surface area contributed by atoms with Crippen molar-refractivity contribution in [1.29, 1.82) is 0 Å². The summed E-state index contributed by atoms with van der Waals surface area (Å²) in [5, 5.41) is 8.44. The summed E-state index contributed by atoms with van der Waals surface area (Å²) >= 11 is 3.51. The summed E-state index contributed by atoms with van der Waals surface area (Å²) in [5.41, 5.74) is 5.30. The van der Waals surface area contributed by atoms with Crippen molar-refractivity contribution < 1.29 is 13.9 Å². The number of furan rings is 1. The van der Waals surface area contributed by atoms with Crippen LogP contribution in [0.2, 0.25) is 0 Å². The van der Waals surface area contributed by atoms with Crippen LogP contribution in [0, 0.1) is 6.92 Å². The van der Waals surface area contributed by atoms with Gasteiger partial charge in [-0.05, 0) is 71.4 Å². The third-order valence-electron chi connectivity index (χ3n) is 7.14. The molecule has 5 aromatic rings. The average molecular weight is 593 g/mol. The minimum absolute atomic E-state index is 0.208. The Morgan fingerprint density at radius 3 is 2.58 bits per heavy atom. The second-order valence-corrected chi connectivity index (χ2v) is 10.3. The van der Waals surface area contributed by atoms with E-state index in [9.17, 15) is 0 Å². The molecule has 0 radical (unpaired) electrons. The highest BCUT2D eigenvalue weighted by atomic mass is 79.9. The highest BCUT2D eigenvalue weighted by Gasteiger charge is 2.43. The van der Waals surface area contributed by atoms with Crippen LogP contribution in [0.15, 0.2) is 104 Å². The number of aromatic nitrogens is 2. The number of fused-ring (bicyclic) bond motifs is 5. The zero-order valence-corrected chi connectivity index (χ0v) is 22.8. The van der Waals surface area contributed by atoms with Gasteiger partial charge in [0.1, 0.15) is 11.8 Å². The first-order valence-electron chi connectivity index (χ1n) is 12.8. The minimum atomic E-state index is -0.337. The van der Waals surface area contributed by atoms with E-state index in [1.54, 1.807) is 0 Å². The van der Waals surface area contributed by atoms with Crippen molar-refractivity contribution in [2.45, 2.75) is 13.0 Å². The Labute approximate surface area is 237 Å². The Morgan fingerprint density at radius 1 is 0.900 bits per heavy atom. The molecule has 3 aromatic carbocycles. The van der Waals surface area contributed by atoms with Gasteiger partial charge in [-0.2, -0.15) is 5.10 Å². The smallest absolute Gasteiger partial charge is 0.231 e. The van der Waals surface area contributed by atoms with Crippen LogP contribution < -0.4 is 19.7 Å². The average Bonchev–Trinajstić information content (AvgIpc) is 3.71. The number of aryl methyl sites for hydroxylation is 1. The Kier molecular flexibility index (Phi) is 5.11. The number of rotatable bonds is 3. The molecule has 1 N–H and O–H groups in total. The molecule has 10 heteroatoms. The third-order valence-corrected chi connectivity index (χ3v) is 7.56. The topological polar surface area (TPSA) is 89.4 Å². The van der Waals surface area contributed by atoms with Crippen LogP contribution >= 0.6 is 15.9 Å². The summed E-state index contributed by atoms with van der Waals surface area (Å²) in [6.45, 7) is 2.22. The van der Waals surface area contributed by atoms with Crippen molar-refractivity contribution in [3.63, 3.8) is 0 Å². The normalized spacial score (nSPS) is 16.6. The van der Waals surface area contributed by atoms with Gasteiger partial charge in [-0.3, -0.25) is 0 Å². The van der Waals surface area contributed by atoms with Crippen molar-refractivity contribution in [1.82, 2.24) is 9.78 Å². The molecule has 0 aliphatic carbocycles. The Bertz CT molecular complexity index is 1860. The number of amidine groups is 2. The monoisotopic (exact) mass is 592 g/mol. The second kappa shape index (κ2) is 8.85. The van der Waals surface area contributed by atoms with Gasteiger partial charge in [-0.1, -0.05) is 30.3 Å². The number of nitrogens with one attached hydrogen (secondary N) is 1. The van der Waals surface area contributed by atoms with Crippen LogP contribution in [0.1, 0.15) is 23.1 Å². The molecule has 0 saturated carbocycles. The molecule has 1 atom stereocenters. The summed E-state index contributed by atoms with van der Waals surface area (Å²) in [6, 6.07) is 27.4. The number of anilines is 2. The zero-order chi connectivity index (χ0) is 26.8. The summed E-state index contributed by atoms with van der Waals surface area (Å²) in [5.74, 6) is 4.13. The predicted molar refractivity (Wildman–Crippen MR) is 156 cm³/mol. The quantitative estimate of drug-likeness (QED) is 0.241. The van der Waals surface area contributed by atoms with Crippen LogP contribution in [0.3, 0.4) is 0 Å². The van der Waals surface area contributed by atoms with E-state index in [1.807, 2.05) is 90.5 Å². The van der Waals surface area contributed by atoms with E-state index in [1.165, 1.54) is 0 Å². The lowest BCUT2D eigenvalue weighted by molar-refractivity contribution is 0.174. The van der Waals surface area contributed by atoms with Gasteiger partial charge < -0.3 is 24.1 Å². The summed E-state index contributed by atoms with van der Waals surface area (Å²) in [6.07, 6.45) is 0. The molecule has 3 aliphatic heterocycles. The SMILES string of the molecule is Cc1nn(-c2ccccc2)c2c1[C@H](c1ccc(Br)o1)N1C(=N2)C(Nc2ccc3c(c2)OCO3)=Nc2ccccc21. The van der Waals surface area contributed by atoms with Crippen molar-refractivity contribution in [3.8, 4) is 17.2 Å². The zero-order valence-electron chi connectivity index (χ0n) is 21.2. The van der Waals surface area contributed by atoms with Crippen molar-refractivity contribution in [2.24, 2.45) is 9.98 Å². The molecule has 8 rings (SSSR count). The first-order valence-corrected chi connectivity index (χ1v) is 13.6. The Morgan fingerprint density at radius 2 is 1.73 bits per heavy atom. The first-order chi connectivity index (χ1) is 19.6. The Hall–Kier alpha value is -4.83. The van der Waals surface area contributed by atoms with E-state index in [0.717, 1.165) is 45.6 Å². The third kappa shape index (κ3) is 3.56. The van der Waals surface area contributed by atoms with E-state index in [4.69, 9.17) is 29.0 Å². The molecule has 0 bridgehead atoms. The van der Waals surface area contributed by atoms with Gasteiger partial charge in [0.2, 0.25) is 6.79 Å². The largest absolute Gasteiger partial charge is 0.454 e. The van der Waals surface area contributed by atoms with Gasteiger partial charge in [0, 0.05) is 11.8 Å². The van der Waals surface area contributed by atoms with E-state index in [0.29, 0.717) is 27.8 Å². The maximum Gasteiger partial charge on any atom is 0.231 e. The molecule has 9 nitrogen and oxygen atoms in total. The van der Waals surface area contributed by atoms with Gasteiger partial charge in [0.15, 0.2) is 33.7 Å². The molecule has 40 heavy (non-hydrogen) atoms. The van der Waals surface area contributed by atoms with Gasteiger partial charge in [-0.25, -0.2) is 14.7 Å². The molecule has 2 aromatic heterocycles. The van der Waals surface area contributed by atoms with Crippen LogP contribution in [0.5, 0.6) is 11.5 Å². The van der Waals surface area contributed by atoms with Gasteiger partial charge in [-0.15, -0.1) is 0 Å². The molecule has 196 valence electrons. The lowest BCUT2D eigenvalue weighted by Crippen LogP contribution is -2.46. The lowest BCUT2D eigenvalue weighted by atomic mass is 9.98. The number of ether oxygens (including phenoxy) is 2. The van der Waals surface area contributed by atoms with Crippen molar-refractivity contribution in [3.05, 3.63) is 107 Å². The van der Waals surface area contributed by atoms with E-state index in [-0.39, 0.29) is 12.8 Å². The van der Waals surface area contributed by atoms with Crippen LogP contribution in [0.4, 0.5) is 22.9 Å². The molecule has 0 saturated heterocycles. The maximum absolute atomic E-state index is 6.21. The fraction of sp³-hybridized carbons (Fsp3) is 0.100. The number of hydrogen-bond acceptors (Lipinski definition) is 8. The minimum Gasteiger partial charge on any atom is -0.454 e. The van der Waals surface area contributed by atoms with Crippen molar-refractivity contribution >= 4 is 50.5 Å². The fourth-order valence-electron chi connectivity index (χ4n) is 5.40. The molecule has 0 spiro atoms. The molecular formula is C30H21BrN6O3. The van der Waals surface area contributed by atoms with Crippen LogP contribution in [-0.2, 0) is 0 Å². The molecule has 0 fully saturated rings. The first kappa shape index (κ1) is 23.1. The summed E-state index contributed by atoms with van der Waals surface area (Å²) in [7, 11) is 0. The molecule has 0 unspecified atom stereocenters. The van der Waals surface area contributed by atoms with Crippen molar-refractivity contribution in [2.75, 3.05) is 17.0 Å². The molecule has 0 amide bonds. The van der Waals surface area contributed by atoms with Crippen LogP contribution in [-0.4, -0.2) is 28.2 Å². The molecular weight excluding hydrogens is 572 g/mol. The summed E-state index contributed by atoms with van der Waals surface area (Å²) < 4.78 is 19.9. The number of benzene rings is 3. The highest BCUT2D eigenvalue weighted by Crippen LogP contribution is 2.49. The van der Waals surface area contributed by atoms with E-state index in [2.05, 4.69) is 32.2 Å². The number of para-hydroxylation sites is 3. The standard InChI is InChI=1S/C30H21BrN6O3/c1-17-26-27(23-13-14-25(31)40-23)36-21-10-6-5-9-20(21)33-28(32-18-11-12-22-24(15-18)39-16-38-22)30(36)34-29(26)37(35-17)19-7-3-2-4-8-19/h2-15,27H,16H2,1H3,(H,32,33)/t27-/m0/s1. The van der Waals surface area contributed by atoms with E-state index >= 15 is 0 Å². The van der Waals surface area contributed by atoms with Crippen LogP contribution in [0.25, 0.3) is 5.69 Å². The number of hydrogen-bond donors (Lipinski definition) is 1. The maximum atomic E-state index is 6.21. The molecule has 3 aliphatic rings. The van der Waals surface area contributed by atoms with Gasteiger partial charge in [0.05, 0.1) is 28.3 Å². The summed E-state index contributed by atoms with van der Waals surface area (Å²) in [4.78, 5) is 12.4. The Balaban J connectivity index is 1.36. The highest BCUT2D eigenvalue weighted by molar-refractivity contribution is 9.10. The predicted octanol–water partition coefficient (Wildman–Crippen LogP) is 7.06. The van der Waals surface area contributed by atoms with Gasteiger partial charge in [0.25, 0.3) is 0 Å². The number of aliphatic imine (C=N–C) groups is 2. The fourth-order valence-corrected chi connectivity index (χ4v) is 5.72. The van der Waals surface area contributed by atoms with E-state index < -0.39 is 0 Å². The molecule has 5 heterocycles.